The topological polar surface area (TPSA) is 91.7 Å². The highest BCUT2D eigenvalue weighted by Gasteiger charge is 2.15. The van der Waals surface area contributed by atoms with Crippen LogP contribution in [0.15, 0.2) is 18.7 Å². The largest absolute Gasteiger partial charge is 0.463 e. The molecule has 106 valence electrons. The summed E-state index contributed by atoms with van der Waals surface area (Å²) in [5, 5.41) is 0. The lowest BCUT2D eigenvalue weighted by Gasteiger charge is -2.21. The molecule has 2 aromatic rings. The van der Waals surface area contributed by atoms with Crippen LogP contribution in [0.4, 0.5) is 5.95 Å². The van der Waals surface area contributed by atoms with E-state index in [9.17, 15) is 0 Å². The molecule has 20 heavy (non-hydrogen) atoms. The molecular weight excluding hydrogens is 256 g/mol. The van der Waals surface area contributed by atoms with Crippen LogP contribution in [0.1, 0.15) is 32.1 Å². The molecule has 0 aliphatic heterocycles. The Morgan fingerprint density at radius 3 is 2.80 bits per heavy atom. The molecule has 0 spiro atoms. The van der Waals surface area contributed by atoms with Gasteiger partial charge in [0.15, 0.2) is 0 Å². The Labute approximate surface area is 117 Å². The average Bonchev–Trinajstić information content (AvgIpc) is 3.00. The van der Waals surface area contributed by atoms with Crippen molar-refractivity contribution in [3.8, 4) is 12.0 Å². The molecule has 1 aliphatic rings. The summed E-state index contributed by atoms with van der Waals surface area (Å²) in [6, 6.07) is 0.284. The van der Waals surface area contributed by atoms with Crippen LogP contribution in [0.2, 0.25) is 0 Å². The van der Waals surface area contributed by atoms with Crippen molar-refractivity contribution in [2.75, 3.05) is 12.3 Å². The Morgan fingerprint density at radius 1 is 1.20 bits per heavy atom. The van der Waals surface area contributed by atoms with E-state index in [2.05, 4.69) is 19.9 Å². The van der Waals surface area contributed by atoms with Crippen molar-refractivity contribution in [2.24, 2.45) is 5.92 Å². The van der Waals surface area contributed by atoms with Gasteiger partial charge in [0, 0.05) is 12.4 Å². The van der Waals surface area contributed by atoms with E-state index in [-0.39, 0.29) is 12.0 Å². The van der Waals surface area contributed by atoms with Gasteiger partial charge in [-0.1, -0.05) is 19.3 Å². The highest BCUT2D eigenvalue weighted by Crippen LogP contribution is 2.24. The Hall–Kier alpha value is -2.18. The fourth-order valence-electron chi connectivity index (χ4n) is 2.46. The first-order valence-electron chi connectivity index (χ1n) is 6.94. The van der Waals surface area contributed by atoms with Gasteiger partial charge in [-0.2, -0.15) is 15.0 Å². The second-order valence-electron chi connectivity index (χ2n) is 5.06. The summed E-state index contributed by atoms with van der Waals surface area (Å²) in [5.41, 5.74) is 5.70. The third-order valence-electron chi connectivity index (χ3n) is 3.53. The molecule has 7 heteroatoms. The SMILES string of the molecule is Nc1nc(OCC2CCCCC2)nc(-n2ccnc2)n1. The summed E-state index contributed by atoms with van der Waals surface area (Å²) in [6.07, 6.45) is 11.4. The molecule has 2 aromatic heterocycles. The zero-order valence-corrected chi connectivity index (χ0v) is 11.3. The molecule has 0 saturated heterocycles. The lowest BCUT2D eigenvalue weighted by atomic mass is 9.90. The summed E-state index contributed by atoms with van der Waals surface area (Å²) < 4.78 is 7.36. The second-order valence-corrected chi connectivity index (χ2v) is 5.06. The van der Waals surface area contributed by atoms with Gasteiger partial charge in [0.2, 0.25) is 11.9 Å². The van der Waals surface area contributed by atoms with Crippen LogP contribution < -0.4 is 10.5 Å². The average molecular weight is 274 g/mol. The van der Waals surface area contributed by atoms with Gasteiger partial charge in [-0.3, -0.25) is 4.57 Å². The van der Waals surface area contributed by atoms with Crippen molar-refractivity contribution in [1.29, 1.82) is 0 Å². The van der Waals surface area contributed by atoms with Gasteiger partial charge in [-0.25, -0.2) is 4.98 Å². The lowest BCUT2D eigenvalue weighted by Crippen LogP contribution is -2.17. The van der Waals surface area contributed by atoms with Gasteiger partial charge in [-0.15, -0.1) is 0 Å². The van der Waals surface area contributed by atoms with Crippen LogP contribution in [0.5, 0.6) is 6.01 Å². The molecule has 7 nitrogen and oxygen atoms in total. The number of nitrogens with zero attached hydrogens (tertiary/aromatic N) is 5. The molecule has 2 N–H and O–H groups in total. The number of aromatic nitrogens is 5. The number of hydrogen-bond donors (Lipinski definition) is 1. The number of rotatable bonds is 4. The predicted molar refractivity (Wildman–Crippen MR) is 73.4 cm³/mol. The van der Waals surface area contributed by atoms with Crippen LogP contribution >= 0.6 is 0 Å². The Kier molecular flexibility index (Phi) is 3.76. The van der Waals surface area contributed by atoms with Gasteiger partial charge in [0.1, 0.15) is 6.33 Å². The number of nitrogens with two attached hydrogens (primary N) is 1. The van der Waals surface area contributed by atoms with Crippen molar-refractivity contribution in [1.82, 2.24) is 24.5 Å². The number of nitrogen functional groups attached to an aromatic ring is 1. The van der Waals surface area contributed by atoms with Gasteiger partial charge in [-0.05, 0) is 18.8 Å². The monoisotopic (exact) mass is 274 g/mol. The standard InChI is InChI=1S/C13H18N6O/c14-11-16-12(19-7-6-15-9-19)18-13(17-11)20-8-10-4-2-1-3-5-10/h6-7,9-10H,1-5,8H2,(H2,14,16,17,18). The minimum absolute atomic E-state index is 0.155. The maximum Gasteiger partial charge on any atom is 0.323 e. The fourth-order valence-corrected chi connectivity index (χ4v) is 2.46. The van der Waals surface area contributed by atoms with Crippen LogP contribution in [-0.4, -0.2) is 31.1 Å². The summed E-state index contributed by atoms with van der Waals surface area (Å²) in [6.45, 7) is 0.646. The summed E-state index contributed by atoms with van der Waals surface area (Å²) in [5.74, 6) is 1.18. The molecule has 0 amide bonds. The number of imidazole rings is 1. The van der Waals surface area contributed by atoms with Crippen molar-refractivity contribution in [3.63, 3.8) is 0 Å². The maximum absolute atomic E-state index is 5.70. The molecule has 1 saturated carbocycles. The van der Waals surface area contributed by atoms with Crippen molar-refractivity contribution < 1.29 is 4.74 Å². The van der Waals surface area contributed by atoms with E-state index in [1.54, 1.807) is 23.3 Å². The first kappa shape index (κ1) is 12.8. The summed E-state index contributed by atoms with van der Waals surface area (Å²) in [7, 11) is 0. The van der Waals surface area contributed by atoms with Crippen molar-refractivity contribution in [3.05, 3.63) is 18.7 Å². The molecule has 0 unspecified atom stereocenters. The molecule has 1 fully saturated rings. The number of hydrogen-bond acceptors (Lipinski definition) is 6. The first-order valence-corrected chi connectivity index (χ1v) is 6.94. The predicted octanol–water partition coefficient (Wildman–Crippen LogP) is 1.60. The van der Waals surface area contributed by atoms with E-state index >= 15 is 0 Å². The second kappa shape index (κ2) is 5.85. The first-order chi connectivity index (χ1) is 9.81. The summed E-state index contributed by atoms with van der Waals surface area (Å²) >= 11 is 0. The molecule has 0 bridgehead atoms. The van der Waals surface area contributed by atoms with Crippen LogP contribution in [0.25, 0.3) is 5.95 Å². The molecule has 0 aromatic carbocycles. The third kappa shape index (κ3) is 3.04. The highest BCUT2D eigenvalue weighted by molar-refractivity contribution is 5.24. The quantitative estimate of drug-likeness (QED) is 0.910. The zero-order chi connectivity index (χ0) is 13.8. The molecule has 0 radical (unpaired) electrons. The smallest absolute Gasteiger partial charge is 0.323 e. The number of ether oxygens (including phenoxy) is 1. The molecule has 0 atom stereocenters. The van der Waals surface area contributed by atoms with Gasteiger partial charge >= 0.3 is 6.01 Å². The maximum atomic E-state index is 5.70. The van der Waals surface area contributed by atoms with Gasteiger partial charge in [0.25, 0.3) is 0 Å². The Morgan fingerprint density at radius 2 is 2.05 bits per heavy atom. The summed E-state index contributed by atoms with van der Waals surface area (Å²) in [4.78, 5) is 16.3. The minimum atomic E-state index is 0.155. The van der Waals surface area contributed by atoms with E-state index in [0.717, 1.165) is 0 Å². The van der Waals surface area contributed by atoms with Gasteiger partial charge < -0.3 is 10.5 Å². The molecule has 2 heterocycles. The number of anilines is 1. The molecule has 1 aliphatic carbocycles. The molecular formula is C13H18N6O. The minimum Gasteiger partial charge on any atom is -0.463 e. The van der Waals surface area contributed by atoms with E-state index < -0.39 is 0 Å². The van der Waals surface area contributed by atoms with Crippen LogP contribution in [0.3, 0.4) is 0 Å². The molecule has 3 rings (SSSR count). The normalized spacial score (nSPS) is 16.2. The Balaban J connectivity index is 1.69. The van der Waals surface area contributed by atoms with Crippen molar-refractivity contribution in [2.45, 2.75) is 32.1 Å². The van der Waals surface area contributed by atoms with Crippen LogP contribution in [-0.2, 0) is 0 Å². The third-order valence-corrected chi connectivity index (χ3v) is 3.53. The Bertz CT molecular complexity index is 550. The van der Waals surface area contributed by atoms with E-state index in [1.807, 2.05) is 0 Å². The zero-order valence-electron chi connectivity index (χ0n) is 11.3. The van der Waals surface area contributed by atoms with E-state index in [4.69, 9.17) is 10.5 Å². The highest BCUT2D eigenvalue weighted by atomic mass is 16.5. The fraction of sp³-hybridized carbons (Fsp3) is 0.538. The lowest BCUT2D eigenvalue weighted by molar-refractivity contribution is 0.196. The van der Waals surface area contributed by atoms with Crippen LogP contribution in [0, 0.1) is 5.92 Å². The van der Waals surface area contributed by atoms with Crippen molar-refractivity contribution >= 4 is 5.95 Å². The van der Waals surface area contributed by atoms with Gasteiger partial charge in [0.05, 0.1) is 6.61 Å². The van der Waals surface area contributed by atoms with E-state index in [0.29, 0.717) is 18.5 Å². The van der Waals surface area contributed by atoms with E-state index in [1.165, 1.54) is 32.1 Å².